The van der Waals surface area contributed by atoms with Gasteiger partial charge in [0.05, 0.1) is 0 Å². The second-order valence-corrected chi connectivity index (χ2v) is 15.4. The Bertz CT molecular complexity index is 2960. The third-order valence-electron chi connectivity index (χ3n) is 12.2. The van der Waals surface area contributed by atoms with Gasteiger partial charge in [-0.1, -0.05) is 170 Å². The van der Waals surface area contributed by atoms with Crippen molar-refractivity contribution in [3.63, 3.8) is 0 Å². The smallest absolute Gasteiger partial charge is 0.140 e. The molecular weight excluding hydrogens is 703 g/mol. The molecule has 0 fully saturated rings. The van der Waals surface area contributed by atoms with Crippen molar-refractivity contribution < 1.29 is 4.42 Å². The highest BCUT2D eigenvalue weighted by Crippen LogP contribution is 2.56. The molecular formula is C56H39NO. The zero-order valence-electron chi connectivity index (χ0n) is 32.1. The minimum Gasteiger partial charge on any atom is -0.456 e. The molecule has 2 heteroatoms. The average Bonchev–Trinajstić information content (AvgIpc) is 3.80. The van der Waals surface area contributed by atoms with Crippen molar-refractivity contribution in [1.29, 1.82) is 0 Å². The second-order valence-electron chi connectivity index (χ2n) is 15.4. The minimum absolute atomic E-state index is 0.457. The SMILES string of the molecule is CC1(c2c(-c3ccc(N(c4ccc(-c5ccccc5)cc4)c4ccc(-c5ccccc5)cc4)cc3)ccc3c2oc2ccccc23)c2ccccc2-c2ccccc21. The molecule has 10 aromatic rings. The van der Waals surface area contributed by atoms with Crippen LogP contribution in [0.4, 0.5) is 17.1 Å². The fraction of sp³-hybridized carbons (Fsp3) is 0.0357. The van der Waals surface area contributed by atoms with Crippen molar-refractivity contribution in [2.24, 2.45) is 0 Å². The Balaban J connectivity index is 1.07. The first-order chi connectivity index (χ1) is 28.6. The van der Waals surface area contributed by atoms with Crippen molar-refractivity contribution in [2.45, 2.75) is 12.3 Å². The molecule has 0 saturated heterocycles. The van der Waals surface area contributed by atoms with E-state index in [0.717, 1.165) is 50.1 Å². The van der Waals surface area contributed by atoms with Gasteiger partial charge in [-0.25, -0.2) is 0 Å². The van der Waals surface area contributed by atoms with E-state index in [1.54, 1.807) is 0 Å². The van der Waals surface area contributed by atoms with Crippen LogP contribution in [0.1, 0.15) is 23.6 Å². The topological polar surface area (TPSA) is 16.4 Å². The molecule has 0 N–H and O–H groups in total. The summed E-state index contributed by atoms with van der Waals surface area (Å²) in [6.45, 7) is 2.39. The van der Waals surface area contributed by atoms with Crippen LogP contribution in [0.15, 0.2) is 223 Å². The number of furan rings is 1. The molecule has 0 atom stereocenters. The molecule has 1 aliphatic rings. The normalized spacial score (nSPS) is 12.7. The highest BCUT2D eigenvalue weighted by atomic mass is 16.3. The first-order valence-corrected chi connectivity index (χ1v) is 20.0. The summed E-state index contributed by atoms with van der Waals surface area (Å²) in [5.74, 6) is 0. The van der Waals surface area contributed by atoms with E-state index in [0.29, 0.717) is 0 Å². The zero-order chi connectivity index (χ0) is 38.6. The van der Waals surface area contributed by atoms with Crippen LogP contribution in [0.5, 0.6) is 0 Å². The van der Waals surface area contributed by atoms with Gasteiger partial charge in [0.2, 0.25) is 0 Å². The maximum absolute atomic E-state index is 6.91. The molecule has 58 heavy (non-hydrogen) atoms. The third kappa shape index (κ3) is 5.41. The van der Waals surface area contributed by atoms with Gasteiger partial charge in [0, 0.05) is 38.8 Å². The summed E-state index contributed by atoms with van der Waals surface area (Å²) in [5, 5.41) is 2.27. The van der Waals surface area contributed by atoms with Crippen molar-refractivity contribution in [2.75, 3.05) is 4.90 Å². The summed E-state index contributed by atoms with van der Waals surface area (Å²) in [4.78, 5) is 2.35. The van der Waals surface area contributed by atoms with Crippen LogP contribution in [-0.4, -0.2) is 0 Å². The molecule has 2 nitrogen and oxygen atoms in total. The first kappa shape index (κ1) is 33.9. The molecule has 0 radical (unpaired) electrons. The lowest BCUT2D eigenvalue weighted by atomic mass is 9.71. The predicted molar refractivity (Wildman–Crippen MR) is 242 cm³/mol. The predicted octanol–water partition coefficient (Wildman–Crippen LogP) is 15.4. The molecule has 0 bridgehead atoms. The van der Waals surface area contributed by atoms with E-state index in [4.69, 9.17) is 4.42 Å². The monoisotopic (exact) mass is 741 g/mol. The van der Waals surface area contributed by atoms with E-state index in [2.05, 4.69) is 230 Å². The Morgan fingerprint density at radius 2 is 0.776 bits per heavy atom. The van der Waals surface area contributed by atoms with E-state index >= 15 is 0 Å². The van der Waals surface area contributed by atoms with Crippen LogP contribution < -0.4 is 4.90 Å². The summed E-state index contributed by atoms with van der Waals surface area (Å²) in [5.41, 5.74) is 18.1. The van der Waals surface area contributed by atoms with Gasteiger partial charge in [-0.15, -0.1) is 0 Å². The highest BCUT2D eigenvalue weighted by molar-refractivity contribution is 6.09. The molecule has 0 saturated carbocycles. The quantitative estimate of drug-likeness (QED) is 0.162. The minimum atomic E-state index is -0.457. The lowest BCUT2D eigenvalue weighted by molar-refractivity contribution is 0.638. The van der Waals surface area contributed by atoms with Crippen molar-refractivity contribution in [1.82, 2.24) is 0 Å². The Labute approximate surface area is 338 Å². The molecule has 0 amide bonds. The summed E-state index contributed by atoms with van der Waals surface area (Å²) in [6, 6.07) is 78.7. The van der Waals surface area contributed by atoms with E-state index in [1.165, 1.54) is 50.1 Å². The number of nitrogens with zero attached hydrogens (tertiary/aromatic N) is 1. The number of anilines is 3. The highest BCUT2D eigenvalue weighted by Gasteiger charge is 2.44. The lowest BCUT2D eigenvalue weighted by Crippen LogP contribution is -2.23. The molecule has 0 aliphatic heterocycles. The standard InChI is InChI=1S/C56H39NO/c1-56(51-21-11-8-18-47(51)48-19-9-12-22-52(48)56)54-46(36-37-50-49-20-10-13-23-53(49)58-55(50)54)42-28-34-45(35-29-42)57(43-30-24-40(25-31-43)38-14-4-2-5-15-38)44-32-26-41(27-33-44)39-16-6-3-7-17-39/h2-37H,1H3. The van der Waals surface area contributed by atoms with Crippen molar-refractivity contribution >= 4 is 39.0 Å². The number of benzene rings is 9. The van der Waals surface area contributed by atoms with E-state index in [-0.39, 0.29) is 0 Å². The summed E-state index contributed by atoms with van der Waals surface area (Å²) >= 11 is 0. The number of hydrogen-bond donors (Lipinski definition) is 0. The Hall–Kier alpha value is -7.42. The summed E-state index contributed by atoms with van der Waals surface area (Å²) < 4.78 is 6.91. The van der Waals surface area contributed by atoms with Gasteiger partial charge in [-0.2, -0.15) is 0 Å². The van der Waals surface area contributed by atoms with Crippen molar-refractivity contribution in [3.8, 4) is 44.5 Å². The summed E-state index contributed by atoms with van der Waals surface area (Å²) in [6.07, 6.45) is 0. The third-order valence-corrected chi connectivity index (χ3v) is 12.2. The van der Waals surface area contributed by atoms with Crippen LogP contribution in [0, 0.1) is 0 Å². The number of fused-ring (bicyclic) bond motifs is 6. The molecule has 274 valence electrons. The molecule has 1 aliphatic carbocycles. The van der Waals surface area contributed by atoms with Crippen LogP contribution in [-0.2, 0) is 5.41 Å². The number of para-hydroxylation sites is 1. The molecule has 0 spiro atoms. The molecule has 11 rings (SSSR count). The first-order valence-electron chi connectivity index (χ1n) is 20.0. The van der Waals surface area contributed by atoms with Crippen LogP contribution in [0.25, 0.3) is 66.4 Å². The largest absolute Gasteiger partial charge is 0.456 e. The van der Waals surface area contributed by atoms with Gasteiger partial charge < -0.3 is 9.32 Å². The van der Waals surface area contributed by atoms with Gasteiger partial charge in [-0.3, -0.25) is 0 Å². The maximum Gasteiger partial charge on any atom is 0.140 e. The van der Waals surface area contributed by atoms with E-state index in [9.17, 15) is 0 Å². The Morgan fingerprint density at radius 3 is 1.31 bits per heavy atom. The molecule has 1 aromatic heterocycles. The van der Waals surface area contributed by atoms with Crippen molar-refractivity contribution in [3.05, 3.63) is 235 Å². The Kier molecular flexibility index (Phi) is 7.97. The second kappa shape index (κ2) is 13.7. The van der Waals surface area contributed by atoms with E-state index in [1.807, 2.05) is 0 Å². The van der Waals surface area contributed by atoms with Crippen LogP contribution in [0.2, 0.25) is 0 Å². The summed E-state index contributed by atoms with van der Waals surface area (Å²) in [7, 11) is 0. The fourth-order valence-electron chi connectivity index (χ4n) is 9.35. The number of hydrogen-bond acceptors (Lipinski definition) is 2. The lowest BCUT2D eigenvalue weighted by Gasteiger charge is -2.31. The van der Waals surface area contributed by atoms with Gasteiger partial charge >= 0.3 is 0 Å². The maximum atomic E-state index is 6.91. The molecule has 1 heterocycles. The van der Waals surface area contributed by atoms with Gasteiger partial charge in [0.1, 0.15) is 11.2 Å². The molecule has 9 aromatic carbocycles. The Morgan fingerprint density at radius 1 is 0.345 bits per heavy atom. The van der Waals surface area contributed by atoms with Gasteiger partial charge in [0.15, 0.2) is 0 Å². The molecule has 0 unspecified atom stereocenters. The zero-order valence-corrected chi connectivity index (χ0v) is 32.1. The van der Waals surface area contributed by atoms with Gasteiger partial charge in [0.25, 0.3) is 0 Å². The number of rotatable bonds is 7. The van der Waals surface area contributed by atoms with Crippen LogP contribution >= 0.6 is 0 Å². The van der Waals surface area contributed by atoms with Gasteiger partial charge in [-0.05, 0) is 111 Å². The average molecular weight is 742 g/mol. The fourth-order valence-corrected chi connectivity index (χ4v) is 9.35. The van der Waals surface area contributed by atoms with Crippen LogP contribution in [0.3, 0.4) is 0 Å². The van der Waals surface area contributed by atoms with E-state index < -0.39 is 5.41 Å².